The van der Waals surface area contributed by atoms with Crippen LogP contribution in [0, 0.1) is 0 Å². The van der Waals surface area contributed by atoms with Crippen molar-refractivity contribution < 1.29 is 71.8 Å². The van der Waals surface area contributed by atoms with Gasteiger partial charge in [0.25, 0.3) is 17.7 Å². The minimum Gasteiger partial charge on any atom is -0.493 e. The van der Waals surface area contributed by atoms with E-state index in [0.717, 1.165) is 79.4 Å². The van der Waals surface area contributed by atoms with E-state index in [2.05, 4.69) is 10.6 Å². The van der Waals surface area contributed by atoms with E-state index in [9.17, 15) is 38.7 Å². The highest BCUT2D eigenvalue weighted by Crippen LogP contribution is 2.46. The molecule has 430 valence electrons. The fourth-order valence-corrected chi connectivity index (χ4v) is 11.2. The second-order valence-electron chi connectivity index (χ2n) is 20.3. The van der Waals surface area contributed by atoms with Crippen LogP contribution in [-0.2, 0) is 36.8 Å². The van der Waals surface area contributed by atoms with E-state index in [1.807, 2.05) is 43.3 Å². The number of benzene rings is 4. The maximum atomic E-state index is 14.4. The number of carboxylic acids is 1. The molecule has 0 spiro atoms. The van der Waals surface area contributed by atoms with E-state index in [1.165, 1.54) is 26.2 Å². The molecular formula is C61H76N4O15. The zero-order chi connectivity index (χ0) is 57.3. The van der Waals surface area contributed by atoms with Crippen molar-refractivity contribution in [3.63, 3.8) is 0 Å². The van der Waals surface area contributed by atoms with Gasteiger partial charge in [-0.05, 0) is 123 Å². The molecule has 2 fully saturated rings. The molecule has 0 saturated carbocycles. The maximum Gasteiger partial charge on any atom is 0.326 e. The van der Waals surface area contributed by atoms with Crippen LogP contribution in [0.2, 0.25) is 0 Å². The maximum absolute atomic E-state index is 14.4. The molecule has 0 aliphatic carbocycles. The highest BCUT2D eigenvalue weighted by atomic mass is 16.5. The number of aliphatic carboxylic acids is 1. The number of hydrogen-bond acceptors (Lipinski definition) is 14. The van der Waals surface area contributed by atoms with Gasteiger partial charge in [-0.3, -0.25) is 39.0 Å². The Bertz CT molecular complexity index is 2850. The fourth-order valence-electron chi connectivity index (χ4n) is 11.2. The zero-order valence-corrected chi connectivity index (χ0v) is 46.9. The van der Waals surface area contributed by atoms with E-state index >= 15 is 0 Å². The molecule has 19 heteroatoms. The van der Waals surface area contributed by atoms with Crippen molar-refractivity contribution in [1.82, 2.24) is 20.4 Å². The third kappa shape index (κ3) is 14.3. The molecule has 3 aliphatic rings. The second-order valence-corrected chi connectivity index (χ2v) is 20.3. The standard InChI is InChI=1S/C61H76N4O15/c1-7-43(41-35-49(75-3)55(77-5)50(36-41)76-4)58(69)64-31-29-40(34-46(64)61(72)73)53-39(25-27-48(74-2)56(53)78-6)21-16-19-38-20-17-22-42(33-38)80-37-52(67)62-30-14-12-10-8-9-11-13-15-32-79-47-24-18-23-44-54(47)60(71)65(59(44)70)45-26-28-51(66)63-57(45)68/h17-18,20,22-25,27,33,35-36,40,43,45-46H,7-16,19,21,26,28-32,34,37H2,1-6H3,(H,62,67)(H,72,73)(H,63,66,68)/t40?,43-,45?,46-/m0/s1. The van der Waals surface area contributed by atoms with Gasteiger partial charge in [-0.25, -0.2) is 4.79 Å². The molecule has 4 atom stereocenters. The number of carbonyl (C=O) groups is 7. The summed E-state index contributed by atoms with van der Waals surface area (Å²) < 4.78 is 40.2. The lowest BCUT2D eigenvalue weighted by Crippen LogP contribution is -2.54. The van der Waals surface area contributed by atoms with E-state index in [0.29, 0.717) is 84.6 Å². The molecule has 3 aliphatic heterocycles. The van der Waals surface area contributed by atoms with Gasteiger partial charge in [-0.15, -0.1) is 0 Å². The molecule has 0 radical (unpaired) electrons. The number of piperidine rings is 2. The van der Waals surface area contributed by atoms with Gasteiger partial charge in [0, 0.05) is 25.1 Å². The van der Waals surface area contributed by atoms with Gasteiger partial charge >= 0.3 is 5.97 Å². The van der Waals surface area contributed by atoms with Crippen molar-refractivity contribution in [3.8, 4) is 40.2 Å². The predicted molar refractivity (Wildman–Crippen MR) is 296 cm³/mol. The number of carbonyl (C=O) groups excluding carboxylic acids is 6. The number of rotatable bonds is 30. The number of methoxy groups -OCH3 is 5. The van der Waals surface area contributed by atoms with Crippen LogP contribution in [0.5, 0.6) is 40.2 Å². The first-order valence-corrected chi connectivity index (χ1v) is 27.8. The summed E-state index contributed by atoms with van der Waals surface area (Å²) >= 11 is 0. The van der Waals surface area contributed by atoms with Crippen LogP contribution < -0.4 is 43.8 Å². The Kier molecular flexibility index (Phi) is 21.6. The molecule has 7 rings (SSSR count). The van der Waals surface area contributed by atoms with Crippen LogP contribution >= 0.6 is 0 Å². The lowest BCUT2D eigenvalue weighted by atomic mass is 9.80. The summed E-state index contributed by atoms with van der Waals surface area (Å²) in [6, 6.07) is 17.8. The van der Waals surface area contributed by atoms with Crippen molar-refractivity contribution in [1.29, 1.82) is 0 Å². The summed E-state index contributed by atoms with van der Waals surface area (Å²) in [6.07, 6.45) is 11.2. The minimum absolute atomic E-state index is 0.0555. The van der Waals surface area contributed by atoms with Crippen LogP contribution in [0.1, 0.15) is 152 Å². The summed E-state index contributed by atoms with van der Waals surface area (Å²) in [4.78, 5) is 93.0. The van der Waals surface area contributed by atoms with Gasteiger partial charge in [-0.2, -0.15) is 0 Å². The molecule has 80 heavy (non-hydrogen) atoms. The van der Waals surface area contributed by atoms with Gasteiger partial charge < -0.3 is 48.5 Å². The van der Waals surface area contributed by atoms with Gasteiger partial charge in [0.15, 0.2) is 29.6 Å². The number of likely N-dealkylation sites (tertiary alicyclic amines) is 1. The number of fused-ring (bicyclic) bond motifs is 1. The summed E-state index contributed by atoms with van der Waals surface area (Å²) in [5.41, 5.74) is 3.94. The lowest BCUT2D eigenvalue weighted by molar-refractivity contribution is -0.153. The third-order valence-electron chi connectivity index (χ3n) is 15.3. The van der Waals surface area contributed by atoms with Gasteiger partial charge in [0.05, 0.1) is 59.2 Å². The van der Waals surface area contributed by atoms with E-state index in [-0.39, 0.29) is 61.3 Å². The summed E-state index contributed by atoms with van der Waals surface area (Å²) in [7, 11) is 7.69. The van der Waals surface area contributed by atoms with Crippen molar-refractivity contribution in [3.05, 3.63) is 100 Å². The van der Waals surface area contributed by atoms with Crippen molar-refractivity contribution in [2.24, 2.45) is 0 Å². The average Bonchev–Trinajstić information content (AvgIpc) is 3.73. The first-order valence-electron chi connectivity index (χ1n) is 27.8. The molecule has 4 aromatic carbocycles. The average molecular weight is 1110 g/mol. The molecule has 4 aromatic rings. The SMILES string of the molecule is CC[C@H](C(=O)N1CCC(c2c(CCCc3cccc(OCC(=O)NCCCCCCCCCCOc4cccc5c4C(=O)N(C4CCC(=O)NC4=O)C5=O)c3)ccc(OC)c2OC)C[C@H]1C(=O)O)c1cc(OC)c(OC)c(OC)c1. The van der Waals surface area contributed by atoms with Crippen LogP contribution in [0.25, 0.3) is 0 Å². The molecule has 0 bridgehead atoms. The molecule has 6 amide bonds. The molecule has 3 N–H and O–H groups in total. The highest BCUT2D eigenvalue weighted by molar-refractivity contribution is 6.24. The van der Waals surface area contributed by atoms with Crippen LogP contribution in [0.3, 0.4) is 0 Å². The smallest absolute Gasteiger partial charge is 0.326 e. The largest absolute Gasteiger partial charge is 0.493 e. The number of ether oxygens (including phenoxy) is 7. The van der Waals surface area contributed by atoms with Gasteiger partial charge in [0.1, 0.15) is 23.6 Å². The highest BCUT2D eigenvalue weighted by Gasteiger charge is 2.46. The predicted octanol–water partition coefficient (Wildman–Crippen LogP) is 8.35. The van der Waals surface area contributed by atoms with Gasteiger partial charge in [0.2, 0.25) is 23.5 Å². The number of aryl methyl sites for hydroxylation is 2. The lowest BCUT2D eigenvalue weighted by Gasteiger charge is -2.40. The normalized spacial score (nSPS) is 17.3. The number of nitrogens with zero attached hydrogens (tertiary/aromatic N) is 2. The number of carboxylic acid groups (broad SMARTS) is 1. The van der Waals surface area contributed by atoms with Crippen LogP contribution in [0.15, 0.2) is 66.7 Å². The molecule has 2 unspecified atom stereocenters. The number of unbranched alkanes of at least 4 members (excludes halogenated alkanes) is 7. The quantitative estimate of drug-likeness (QED) is 0.0329. The van der Waals surface area contributed by atoms with E-state index in [4.69, 9.17) is 33.2 Å². The van der Waals surface area contributed by atoms with Crippen LogP contribution in [-0.4, -0.2) is 130 Å². The Balaban J connectivity index is 0.807. The summed E-state index contributed by atoms with van der Waals surface area (Å²) in [5.74, 6) is -1.42. The zero-order valence-electron chi connectivity index (χ0n) is 46.9. The third-order valence-corrected chi connectivity index (χ3v) is 15.3. The summed E-state index contributed by atoms with van der Waals surface area (Å²) in [6.45, 7) is 2.96. The fraction of sp³-hybridized carbons (Fsp3) is 0.492. The first kappa shape index (κ1) is 59.8. The topological polar surface area (TPSA) is 235 Å². The monoisotopic (exact) mass is 1100 g/mol. The molecule has 2 saturated heterocycles. The first-order chi connectivity index (χ1) is 38.8. The molecular weight excluding hydrogens is 1030 g/mol. The Morgan fingerprint density at radius 2 is 1.40 bits per heavy atom. The Morgan fingerprint density at radius 1 is 0.713 bits per heavy atom. The Morgan fingerprint density at radius 3 is 2.06 bits per heavy atom. The Hall–Kier alpha value is -7.83. The second kappa shape index (κ2) is 28.9. The number of amides is 6. The van der Waals surface area contributed by atoms with Crippen LogP contribution in [0.4, 0.5) is 0 Å². The minimum atomic E-state index is -1.08. The van der Waals surface area contributed by atoms with Gasteiger partial charge in [-0.1, -0.05) is 69.7 Å². The number of nitrogens with one attached hydrogen (secondary N) is 2. The molecule has 0 aromatic heterocycles. The number of imide groups is 2. The number of hydrogen-bond donors (Lipinski definition) is 3. The van der Waals surface area contributed by atoms with E-state index < -0.39 is 47.6 Å². The molecule has 19 nitrogen and oxygen atoms in total. The molecule has 3 heterocycles. The van der Waals surface area contributed by atoms with E-state index in [1.54, 1.807) is 44.6 Å². The van der Waals surface area contributed by atoms with Crippen molar-refractivity contribution in [2.45, 2.75) is 134 Å². The van der Waals surface area contributed by atoms with Crippen molar-refractivity contribution in [2.75, 3.05) is 61.9 Å². The summed E-state index contributed by atoms with van der Waals surface area (Å²) in [5, 5.41) is 15.8. The Labute approximate surface area is 467 Å². The van der Waals surface area contributed by atoms with Crippen molar-refractivity contribution >= 4 is 41.4 Å².